The second-order valence-corrected chi connectivity index (χ2v) is 3.19. The van der Waals surface area contributed by atoms with Crippen LogP contribution in [0.15, 0.2) is 0 Å². The van der Waals surface area contributed by atoms with E-state index in [0.29, 0.717) is 6.04 Å². The molecule has 2 aliphatic rings. The molecule has 0 aromatic carbocycles. The second kappa shape index (κ2) is 9.69. The maximum Gasteiger partial charge on any atom is 2.00 e. The molecule has 2 rings (SSSR count). The van der Waals surface area contributed by atoms with Crippen LogP contribution in [0.4, 0.5) is 0 Å². The summed E-state index contributed by atoms with van der Waals surface area (Å²) in [5.41, 5.74) is 0. The summed E-state index contributed by atoms with van der Waals surface area (Å²) in [6, 6.07) is 0.486. The normalized spacial score (nSPS) is 22.8. The molecule has 0 spiro atoms. The molecule has 0 aliphatic heterocycles. The van der Waals surface area contributed by atoms with Gasteiger partial charge in [0, 0.05) is 6.04 Å². The summed E-state index contributed by atoms with van der Waals surface area (Å²) in [6.45, 7) is 2.15. The summed E-state index contributed by atoms with van der Waals surface area (Å²) in [6.07, 6.45) is 18.4. The van der Waals surface area contributed by atoms with E-state index in [4.69, 9.17) is 0 Å². The molecular weight excluding hydrogens is 226 g/mol. The molecule has 2 saturated carbocycles. The molecule has 1 atom stereocenters. The third-order valence-electron chi connectivity index (χ3n) is 2.18. The molecular formula is C13H17FeN+2. The molecule has 1 unspecified atom stereocenters. The zero-order chi connectivity index (χ0) is 10.2. The number of hydrogen-bond acceptors (Lipinski definition) is 1. The molecule has 0 bridgehead atoms. The molecule has 2 aliphatic carbocycles. The predicted molar refractivity (Wildman–Crippen MR) is 60.5 cm³/mol. The average Bonchev–Trinajstić information content (AvgIpc) is 2.91. The van der Waals surface area contributed by atoms with Gasteiger partial charge in [-0.05, 0) is 77.7 Å². The quantitative estimate of drug-likeness (QED) is 0.731. The SMILES string of the molecule is CNC(C)[C]1[CH][CH][CH][CH]1.[CH]1[CH][CH][CH][CH]1.[Fe+2]. The zero-order valence-electron chi connectivity index (χ0n) is 9.13. The van der Waals surface area contributed by atoms with Crippen molar-refractivity contribution < 1.29 is 17.1 Å². The van der Waals surface area contributed by atoms with Crippen molar-refractivity contribution in [1.29, 1.82) is 0 Å². The summed E-state index contributed by atoms with van der Waals surface area (Å²) < 4.78 is 0. The third kappa shape index (κ3) is 6.60. The van der Waals surface area contributed by atoms with E-state index in [1.807, 2.05) is 39.2 Å². The van der Waals surface area contributed by atoms with Crippen LogP contribution in [0.2, 0.25) is 0 Å². The fraction of sp³-hybridized carbons (Fsp3) is 0.231. The molecule has 0 saturated heterocycles. The number of hydrogen-bond donors (Lipinski definition) is 1. The standard InChI is InChI=1S/C8H12N.C5H5.Fe/c1-7(9-2)8-5-3-4-6-8;1-2-4-5-3-1;/h3-7,9H,1-2H3;1-5H;/q;;+2. The van der Waals surface area contributed by atoms with Crippen LogP contribution in [0.5, 0.6) is 0 Å². The molecule has 0 aromatic heterocycles. The van der Waals surface area contributed by atoms with E-state index in [2.05, 4.69) is 37.9 Å². The van der Waals surface area contributed by atoms with Crippen LogP contribution in [0.1, 0.15) is 6.92 Å². The van der Waals surface area contributed by atoms with Crippen molar-refractivity contribution in [1.82, 2.24) is 5.32 Å². The minimum Gasteiger partial charge on any atom is -0.317 e. The van der Waals surface area contributed by atoms with Crippen LogP contribution in [0.25, 0.3) is 0 Å². The summed E-state index contributed by atoms with van der Waals surface area (Å²) in [5.74, 6) is 1.36. The fourth-order valence-corrected chi connectivity index (χ4v) is 1.16. The first kappa shape index (κ1) is 15.5. The third-order valence-corrected chi connectivity index (χ3v) is 2.18. The predicted octanol–water partition coefficient (Wildman–Crippen LogP) is 2.02. The number of nitrogens with one attached hydrogen (secondary N) is 1. The Labute approximate surface area is 106 Å². The molecule has 10 radical (unpaired) electrons. The van der Waals surface area contributed by atoms with Crippen LogP contribution < -0.4 is 5.32 Å². The van der Waals surface area contributed by atoms with Gasteiger partial charge >= 0.3 is 17.1 Å². The van der Waals surface area contributed by atoms with Gasteiger partial charge in [0.25, 0.3) is 0 Å². The van der Waals surface area contributed by atoms with Crippen LogP contribution in [0, 0.1) is 63.7 Å². The van der Waals surface area contributed by atoms with E-state index < -0.39 is 0 Å². The Balaban J connectivity index is 0.000000280. The minimum atomic E-state index is 0. The second-order valence-electron chi connectivity index (χ2n) is 3.19. The van der Waals surface area contributed by atoms with Gasteiger partial charge in [0.15, 0.2) is 0 Å². The Bertz CT molecular complexity index is 121. The van der Waals surface area contributed by atoms with Gasteiger partial charge < -0.3 is 5.32 Å². The first-order valence-corrected chi connectivity index (χ1v) is 4.90. The van der Waals surface area contributed by atoms with E-state index >= 15 is 0 Å². The van der Waals surface area contributed by atoms with Crippen LogP contribution in [0.3, 0.4) is 0 Å². The summed E-state index contributed by atoms with van der Waals surface area (Å²) in [5, 5.41) is 3.17. The smallest absolute Gasteiger partial charge is 0.317 e. The van der Waals surface area contributed by atoms with E-state index in [9.17, 15) is 0 Å². The maximum atomic E-state index is 3.17. The Morgan fingerprint density at radius 2 is 1.27 bits per heavy atom. The van der Waals surface area contributed by atoms with Gasteiger partial charge in [0.1, 0.15) is 0 Å². The van der Waals surface area contributed by atoms with Crippen molar-refractivity contribution in [2.75, 3.05) is 7.05 Å². The molecule has 0 aromatic rings. The Morgan fingerprint density at radius 3 is 1.60 bits per heavy atom. The van der Waals surface area contributed by atoms with Crippen LogP contribution in [-0.2, 0) is 17.1 Å². The first-order valence-electron chi connectivity index (χ1n) is 4.90. The van der Waals surface area contributed by atoms with Gasteiger partial charge in [0.05, 0.1) is 0 Å². The summed E-state index contributed by atoms with van der Waals surface area (Å²) in [4.78, 5) is 0. The van der Waals surface area contributed by atoms with Crippen molar-refractivity contribution in [3.05, 3.63) is 63.7 Å². The van der Waals surface area contributed by atoms with Crippen molar-refractivity contribution in [2.45, 2.75) is 13.0 Å². The van der Waals surface area contributed by atoms with E-state index in [0.717, 1.165) is 0 Å². The monoisotopic (exact) mass is 243 g/mol. The van der Waals surface area contributed by atoms with Crippen LogP contribution >= 0.6 is 0 Å². The van der Waals surface area contributed by atoms with Crippen molar-refractivity contribution in [2.24, 2.45) is 0 Å². The zero-order valence-corrected chi connectivity index (χ0v) is 10.2. The first-order chi connectivity index (χ1) is 6.84. The Hall–Kier alpha value is 0.479. The molecule has 2 heteroatoms. The van der Waals surface area contributed by atoms with Gasteiger partial charge in [-0.25, -0.2) is 0 Å². The van der Waals surface area contributed by atoms with Gasteiger partial charge in [-0.2, -0.15) is 0 Å². The molecule has 80 valence electrons. The largest absolute Gasteiger partial charge is 2.00 e. The topological polar surface area (TPSA) is 12.0 Å². The Morgan fingerprint density at radius 1 is 0.867 bits per heavy atom. The van der Waals surface area contributed by atoms with E-state index in [1.54, 1.807) is 0 Å². The fourth-order valence-electron chi connectivity index (χ4n) is 1.16. The van der Waals surface area contributed by atoms with Crippen molar-refractivity contribution in [3.63, 3.8) is 0 Å². The van der Waals surface area contributed by atoms with Crippen LogP contribution in [-0.4, -0.2) is 13.1 Å². The summed E-state index contributed by atoms with van der Waals surface area (Å²) >= 11 is 0. The Kier molecular flexibility index (Phi) is 10.00. The van der Waals surface area contributed by atoms with Gasteiger partial charge in [-0.3, -0.25) is 0 Å². The average molecular weight is 243 g/mol. The van der Waals surface area contributed by atoms with Crippen molar-refractivity contribution in [3.8, 4) is 0 Å². The molecule has 15 heavy (non-hydrogen) atoms. The summed E-state index contributed by atoms with van der Waals surface area (Å²) in [7, 11) is 1.97. The van der Waals surface area contributed by atoms with Gasteiger partial charge in [0.2, 0.25) is 0 Å². The van der Waals surface area contributed by atoms with Crippen molar-refractivity contribution >= 4 is 0 Å². The molecule has 0 amide bonds. The molecule has 1 nitrogen and oxygen atoms in total. The van der Waals surface area contributed by atoms with E-state index in [1.165, 1.54) is 5.92 Å². The molecule has 0 heterocycles. The minimum absolute atomic E-state index is 0. The van der Waals surface area contributed by atoms with Gasteiger partial charge in [-0.15, -0.1) is 0 Å². The van der Waals surface area contributed by atoms with E-state index in [-0.39, 0.29) is 17.1 Å². The van der Waals surface area contributed by atoms with Gasteiger partial charge in [-0.1, -0.05) is 0 Å². The number of rotatable bonds is 2. The molecule has 1 N–H and O–H groups in total. The maximum absolute atomic E-state index is 3.17. The molecule has 2 fully saturated rings.